The first-order valence-electron chi connectivity index (χ1n) is 5.54. The van der Waals surface area contributed by atoms with E-state index in [0.717, 1.165) is 12.8 Å². The number of furan rings is 1. The third-order valence-electron chi connectivity index (χ3n) is 2.90. The molecule has 4 heteroatoms. The van der Waals surface area contributed by atoms with Gasteiger partial charge in [0.1, 0.15) is 11.5 Å². The number of carbonyl (C=O) groups excluding carboxylic acids is 2. The summed E-state index contributed by atoms with van der Waals surface area (Å²) in [6.07, 6.45) is 2.48. The van der Waals surface area contributed by atoms with Crippen molar-refractivity contribution in [2.75, 3.05) is 6.54 Å². The third-order valence-corrected chi connectivity index (χ3v) is 2.90. The van der Waals surface area contributed by atoms with Gasteiger partial charge in [0.25, 0.3) is 5.91 Å². The Labute approximate surface area is 94.0 Å². The summed E-state index contributed by atoms with van der Waals surface area (Å²) < 4.78 is 5.19. The molecule has 0 bridgehead atoms. The highest BCUT2D eigenvalue weighted by molar-refractivity contribution is 5.92. The van der Waals surface area contributed by atoms with Crippen molar-refractivity contribution >= 4 is 11.7 Å². The van der Waals surface area contributed by atoms with Crippen LogP contribution in [0.5, 0.6) is 0 Å². The lowest BCUT2D eigenvalue weighted by Crippen LogP contribution is -2.30. The van der Waals surface area contributed by atoms with Gasteiger partial charge in [0.2, 0.25) is 0 Å². The molecule has 2 rings (SSSR count). The van der Waals surface area contributed by atoms with Crippen LogP contribution in [-0.2, 0) is 4.79 Å². The molecule has 1 unspecified atom stereocenters. The van der Waals surface area contributed by atoms with Gasteiger partial charge in [-0.05, 0) is 31.9 Å². The molecule has 1 heterocycles. The zero-order chi connectivity index (χ0) is 11.5. The largest absolute Gasteiger partial charge is 0.456 e. The molecule has 0 spiro atoms. The Morgan fingerprint density at radius 3 is 2.94 bits per heavy atom. The molecule has 86 valence electrons. The summed E-state index contributed by atoms with van der Waals surface area (Å²) in [5.74, 6) is 1.04. The molecule has 1 aliphatic rings. The van der Waals surface area contributed by atoms with E-state index in [1.807, 2.05) is 0 Å². The van der Waals surface area contributed by atoms with Crippen LogP contribution >= 0.6 is 0 Å². The Hall–Kier alpha value is -1.58. The first-order valence-corrected chi connectivity index (χ1v) is 5.54. The number of Topliss-reactive ketones (excluding diaryl/α,β-unsaturated/α-hetero) is 1. The molecule has 1 aliphatic carbocycles. The highest BCUT2D eigenvalue weighted by Crippen LogP contribution is 2.20. The standard InChI is InChI=1S/C12H15NO3/c1-8-5-6-11(16-8)12(15)13-7-9-3-2-4-10(9)14/h5-6,9H,2-4,7H2,1H3,(H,13,15). The second-order valence-electron chi connectivity index (χ2n) is 4.18. The average molecular weight is 221 g/mol. The molecule has 1 aromatic rings. The number of aryl methyl sites for hydroxylation is 1. The number of nitrogens with one attached hydrogen (secondary N) is 1. The molecule has 1 atom stereocenters. The van der Waals surface area contributed by atoms with Crippen molar-refractivity contribution in [3.05, 3.63) is 23.7 Å². The fourth-order valence-electron chi connectivity index (χ4n) is 1.96. The molecule has 4 nitrogen and oxygen atoms in total. The van der Waals surface area contributed by atoms with Gasteiger partial charge >= 0.3 is 0 Å². The predicted molar refractivity (Wildman–Crippen MR) is 58.1 cm³/mol. The zero-order valence-corrected chi connectivity index (χ0v) is 9.29. The molecule has 16 heavy (non-hydrogen) atoms. The van der Waals surface area contributed by atoms with Gasteiger partial charge in [-0.25, -0.2) is 0 Å². The van der Waals surface area contributed by atoms with E-state index in [0.29, 0.717) is 24.5 Å². The van der Waals surface area contributed by atoms with Crippen LogP contribution in [-0.4, -0.2) is 18.2 Å². The minimum absolute atomic E-state index is 0.00000850. The van der Waals surface area contributed by atoms with Crippen LogP contribution in [0.2, 0.25) is 0 Å². The Balaban J connectivity index is 1.86. The summed E-state index contributed by atoms with van der Waals surface area (Å²) in [6, 6.07) is 3.39. The van der Waals surface area contributed by atoms with Crippen LogP contribution in [0, 0.1) is 12.8 Å². The molecule has 1 fully saturated rings. The van der Waals surface area contributed by atoms with E-state index >= 15 is 0 Å². The SMILES string of the molecule is Cc1ccc(C(=O)NCC2CCCC2=O)o1. The predicted octanol–water partition coefficient (Wildman–Crippen LogP) is 1.69. The van der Waals surface area contributed by atoms with Crippen molar-refractivity contribution in [1.82, 2.24) is 5.32 Å². The van der Waals surface area contributed by atoms with Crippen LogP contribution in [0.1, 0.15) is 35.6 Å². The first-order chi connectivity index (χ1) is 7.66. The summed E-state index contributed by atoms with van der Waals surface area (Å²) in [5.41, 5.74) is 0. The van der Waals surface area contributed by atoms with Crippen LogP contribution in [0.3, 0.4) is 0 Å². The molecule has 0 aliphatic heterocycles. The summed E-state index contributed by atoms with van der Waals surface area (Å²) in [6.45, 7) is 2.22. The number of amides is 1. The number of carbonyl (C=O) groups is 2. The molecule has 0 saturated heterocycles. The van der Waals surface area contributed by atoms with Crippen LogP contribution < -0.4 is 5.32 Å². The lowest BCUT2D eigenvalue weighted by Gasteiger charge is -2.08. The van der Waals surface area contributed by atoms with Crippen molar-refractivity contribution in [3.8, 4) is 0 Å². The summed E-state index contributed by atoms with van der Waals surface area (Å²) in [5, 5.41) is 2.73. The van der Waals surface area contributed by atoms with E-state index in [-0.39, 0.29) is 17.6 Å². The van der Waals surface area contributed by atoms with E-state index in [1.165, 1.54) is 0 Å². The summed E-state index contributed by atoms with van der Waals surface area (Å²) in [4.78, 5) is 23.0. The normalized spacial score (nSPS) is 20.1. The van der Waals surface area contributed by atoms with Crippen LogP contribution in [0.25, 0.3) is 0 Å². The third kappa shape index (κ3) is 2.32. The quantitative estimate of drug-likeness (QED) is 0.844. The van der Waals surface area contributed by atoms with Crippen molar-refractivity contribution in [2.24, 2.45) is 5.92 Å². The number of ketones is 1. The van der Waals surface area contributed by atoms with E-state index < -0.39 is 0 Å². The van der Waals surface area contributed by atoms with Gasteiger partial charge < -0.3 is 9.73 Å². The second kappa shape index (κ2) is 4.51. The number of hydrogen-bond acceptors (Lipinski definition) is 3. The molecule has 0 radical (unpaired) electrons. The van der Waals surface area contributed by atoms with Crippen LogP contribution in [0.15, 0.2) is 16.5 Å². The van der Waals surface area contributed by atoms with Gasteiger partial charge in [-0.3, -0.25) is 9.59 Å². The fourth-order valence-corrected chi connectivity index (χ4v) is 1.96. The Morgan fingerprint density at radius 2 is 2.38 bits per heavy atom. The second-order valence-corrected chi connectivity index (χ2v) is 4.18. The maximum absolute atomic E-state index is 11.6. The van der Waals surface area contributed by atoms with E-state index in [1.54, 1.807) is 19.1 Å². The van der Waals surface area contributed by atoms with E-state index in [9.17, 15) is 9.59 Å². The topological polar surface area (TPSA) is 59.3 Å². The van der Waals surface area contributed by atoms with Gasteiger partial charge in [0.05, 0.1) is 0 Å². The Kier molecular flexibility index (Phi) is 3.08. The molecule has 1 N–H and O–H groups in total. The average Bonchev–Trinajstić information content (AvgIpc) is 2.84. The van der Waals surface area contributed by atoms with Gasteiger partial charge in [-0.1, -0.05) is 0 Å². The molecular weight excluding hydrogens is 206 g/mol. The monoisotopic (exact) mass is 221 g/mol. The molecule has 1 saturated carbocycles. The highest BCUT2D eigenvalue weighted by atomic mass is 16.3. The van der Waals surface area contributed by atoms with E-state index in [4.69, 9.17) is 4.42 Å². The smallest absolute Gasteiger partial charge is 0.287 e. The maximum Gasteiger partial charge on any atom is 0.287 e. The minimum atomic E-state index is -0.243. The van der Waals surface area contributed by atoms with Gasteiger partial charge in [0, 0.05) is 18.9 Å². The lowest BCUT2D eigenvalue weighted by molar-refractivity contribution is -0.120. The molecule has 0 aromatic carbocycles. The van der Waals surface area contributed by atoms with Crippen molar-refractivity contribution in [2.45, 2.75) is 26.2 Å². The summed E-state index contributed by atoms with van der Waals surface area (Å²) >= 11 is 0. The van der Waals surface area contributed by atoms with E-state index in [2.05, 4.69) is 5.32 Å². The van der Waals surface area contributed by atoms with Crippen molar-refractivity contribution < 1.29 is 14.0 Å². The molecule has 1 amide bonds. The van der Waals surface area contributed by atoms with Crippen LogP contribution in [0.4, 0.5) is 0 Å². The summed E-state index contributed by atoms with van der Waals surface area (Å²) in [7, 11) is 0. The number of rotatable bonds is 3. The van der Waals surface area contributed by atoms with Gasteiger partial charge in [-0.2, -0.15) is 0 Å². The van der Waals surface area contributed by atoms with Gasteiger partial charge in [-0.15, -0.1) is 0 Å². The molecular formula is C12H15NO3. The Morgan fingerprint density at radius 1 is 1.56 bits per heavy atom. The molecule has 1 aromatic heterocycles. The zero-order valence-electron chi connectivity index (χ0n) is 9.29. The van der Waals surface area contributed by atoms with Crippen molar-refractivity contribution in [1.29, 1.82) is 0 Å². The Bertz CT molecular complexity index is 408. The number of hydrogen-bond donors (Lipinski definition) is 1. The van der Waals surface area contributed by atoms with Gasteiger partial charge in [0.15, 0.2) is 5.76 Å². The maximum atomic E-state index is 11.6. The first kappa shape index (κ1) is 10.9. The van der Waals surface area contributed by atoms with Crippen molar-refractivity contribution in [3.63, 3.8) is 0 Å². The minimum Gasteiger partial charge on any atom is -0.456 e. The highest BCUT2D eigenvalue weighted by Gasteiger charge is 2.24. The fraction of sp³-hybridized carbons (Fsp3) is 0.500. The lowest BCUT2D eigenvalue weighted by atomic mass is 10.1.